The Morgan fingerprint density at radius 3 is 2.82 bits per heavy atom. The molecule has 1 rings (SSSR count). The average molecular weight is 256 g/mol. The van der Waals surface area contributed by atoms with Gasteiger partial charge in [0, 0.05) is 30.5 Å². The van der Waals surface area contributed by atoms with Crippen LogP contribution in [-0.2, 0) is 20.7 Å². The molecule has 1 amide bonds. The molecule has 0 aromatic carbocycles. The number of rotatable bonds is 6. The van der Waals surface area contributed by atoms with E-state index in [4.69, 9.17) is 0 Å². The van der Waals surface area contributed by atoms with Crippen molar-refractivity contribution in [3.63, 3.8) is 0 Å². The first kappa shape index (κ1) is 13.6. The summed E-state index contributed by atoms with van der Waals surface area (Å²) in [6.07, 6.45) is 2.84. The number of ether oxygens (including phenoxy) is 1. The largest absolute Gasteiger partial charge is 0.469 e. The number of carbonyl (C=O) groups is 2. The molecule has 94 valence electrons. The number of aryl methyl sites for hydroxylation is 1. The molecular formula is C11H16N2O3S. The minimum Gasteiger partial charge on any atom is -0.469 e. The molecule has 1 aromatic heterocycles. The standard InChI is InChI=1S/C11H16N2O3S/c1-8-7-13-10(17-8)5-6-12-9(14)3-4-11(15)16-2/h7H,3-6H2,1-2H3,(H,12,14). The molecule has 17 heavy (non-hydrogen) atoms. The van der Waals surface area contributed by atoms with Crippen molar-refractivity contribution in [2.75, 3.05) is 13.7 Å². The number of esters is 1. The lowest BCUT2D eigenvalue weighted by Crippen LogP contribution is -2.26. The maximum absolute atomic E-state index is 11.3. The maximum atomic E-state index is 11.3. The van der Waals surface area contributed by atoms with Crippen LogP contribution in [0.5, 0.6) is 0 Å². The van der Waals surface area contributed by atoms with E-state index in [1.54, 1.807) is 11.3 Å². The van der Waals surface area contributed by atoms with Crippen molar-refractivity contribution in [3.8, 4) is 0 Å². The first-order valence-electron chi connectivity index (χ1n) is 5.36. The van der Waals surface area contributed by atoms with Gasteiger partial charge in [-0.1, -0.05) is 0 Å². The van der Waals surface area contributed by atoms with Gasteiger partial charge in [-0.15, -0.1) is 11.3 Å². The Bertz CT molecular complexity index is 390. The lowest BCUT2D eigenvalue weighted by atomic mass is 10.3. The molecule has 0 saturated heterocycles. The van der Waals surface area contributed by atoms with Crippen LogP contribution in [0.4, 0.5) is 0 Å². The highest BCUT2D eigenvalue weighted by atomic mass is 32.1. The van der Waals surface area contributed by atoms with Crippen molar-refractivity contribution in [3.05, 3.63) is 16.1 Å². The molecule has 1 heterocycles. The highest BCUT2D eigenvalue weighted by Gasteiger charge is 2.06. The number of aromatic nitrogens is 1. The topological polar surface area (TPSA) is 68.3 Å². The summed E-state index contributed by atoms with van der Waals surface area (Å²) in [5.41, 5.74) is 0. The van der Waals surface area contributed by atoms with Crippen molar-refractivity contribution in [1.29, 1.82) is 0 Å². The van der Waals surface area contributed by atoms with E-state index in [0.29, 0.717) is 6.54 Å². The van der Waals surface area contributed by atoms with Gasteiger partial charge in [0.05, 0.1) is 18.5 Å². The van der Waals surface area contributed by atoms with Gasteiger partial charge < -0.3 is 10.1 Å². The monoisotopic (exact) mass is 256 g/mol. The second-order valence-electron chi connectivity index (χ2n) is 3.54. The Labute approximate surface area is 104 Å². The van der Waals surface area contributed by atoms with Gasteiger partial charge in [0.25, 0.3) is 0 Å². The summed E-state index contributed by atoms with van der Waals surface area (Å²) in [6.45, 7) is 2.54. The Morgan fingerprint density at radius 2 is 2.24 bits per heavy atom. The van der Waals surface area contributed by atoms with Gasteiger partial charge in [-0.25, -0.2) is 4.98 Å². The predicted molar refractivity (Wildman–Crippen MR) is 64.8 cm³/mol. The second-order valence-corrected chi connectivity index (χ2v) is 4.86. The van der Waals surface area contributed by atoms with E-state index in [1.165, 1.54) is 7.11 Å². The minimum atomic E-state index is -0.365. The summed E-state index contributed by atoms with van der Waals surface area (Å²) in [4.78, 5) is 27.5. The van der Waals surface area contributed by atoms with Gasteiger partial charge in [0.2, 0.25) is 5.91 Å². The smallest absolute Gasteiger partial charge is 0.306 e. The molecule has 6 heteroatoms. The maximum Gasteiger partial charge on any atom is 0.306 e. The van der Waals surface area contributed by atoms with Crippen LogP contribution in [0, 0.1) is 6.92 Å². The van der Waals surface area contributed by atoms with Gasteiger partial charge in [0.15, 0.2) is 0 Å². The van der Waals surface area contributed by atoms with Gasteiger partial charge >= 0.3 is 5.97 Å². The number of hydrogen-bond donors (Lipinski definition) is 1. The van der Waals surface area contributed by atoms with E-state index in [2.05, 4.69) is 15.0 Å². The fraction of sp³-hybridized carbons (Fsp3) is 0.545. The fourth-order valence-electron chi connectivity index (χ4n) is 1.23. The van der Waals surface area contributed by atoms with E-state index in [1.807, 2.05) is 13.1 Å². The van der Waals surface area contributed by atoms with Crippen molar-refractivity contribution < 1.29 is 14.3 Å². The highest BCUT2D eigenvalue weighted by molar-refractivity contribution is 7.11. The predicted octanol–water partition coefficient (Wildman–Crippen LogP) is 1.06. The molecule has 0 bridgehead atoms. The summed E-state index contributed by atoms with van der Waals surface area (Å²) in [6, 6.07) is 0. The third-order valence-corrected chi connectivity index (χ3v) is 3.09. The SMILES string of the molecule is COC(=O)CCC(=O)NCCc1ncc(C)s1. The van der Waals surface area contributed by atoms with Crippen molar-refractivity contribution in [1.82, 2.24) is 10.3 Å². The average Bonchev–Trinajstić information content (AvgIpc) is 2.72. The minimum absolute atomic E-state index is 0.124. The van der Waals surface area contributed by atoms with E-state index < -0.39 is 0 Å². The number of nitrogens with one attached hydrogen (secondary N) is 1. The van der Waals surface area contributed by atoms with Crippen molar-refractivity contribution in [2.24, 2.45) is 0 Å². The first-order valence-corrected chi connectivity index (χ1v) is 6.18. The summed E-state index contributed by atoms with van der Waals surface area (Å²) in [5.74, 6) is -0.501. The molecule has 0 unspecified atom stereocenters. The Morgan fingerprint density at radius 1 is 1.47 bits per heavy atom. The van der Waals surface area contributed by atoms with Crippen LogP contribution in [0.1, 0.15) is 22.7 Å². The molecule has 0 saturated carbocycles. The van der Waals surface area contributed by atoms with Gasteiger partial charge in [-0.3, -0.25) is 9.59 Å². The Hall–Kier alpha value is -1.43. The molecule has 5 nitrogen and oxygen atoms in total. The lowest BCUT2D eigenvalue weighted by molar-refractivity contribution is -0.142. The summed E-state index contributed by atoms with van der Waals surface area (Å²) < 4.78 is 4.45. The summed E-state index contributed by atoms with van der Waals surface area (Å²) in [5, 5.41) is 3.75. The van der Waals surface area contributed by atoms with Crippen LogP contribution in [0.3, 0.4) is 0 Å². The van der Waals surface area contributed by atoms with Crippen LogP contribution in [-0.4, -0.2) is 30.5 Å². The van der Waals surface area contributed by atoms with Crippen LogP contribution >= 0.6 is 11.3 Å². The molecule has 0 aliphatic rings. The Kier molecular flexibility index (Phi) is 5.62. The van der Waals surface area contributed by atoms with Crippen LogP contribution in [0.2, 0.25) is 0 Å². The number of amides is 1. The quantitative estimate of drug-likeness (QED) is 0.773. The molecule has 0 atom stereocenters. The second kappa shape index (κ2) is 7.01. The molecule has 1 aromatic rings. The molecule has 0 aliphatic heterocycles. The zero-order valence-corrected chi connectivity index (χ0v) is 10.8. The third-order valence-electron chi connectivity index (χ3n) is 2.11. The number of nitrogens with zero attached hydrogens (tertiary/aromatic N) is 1. The Balaban J connectivity index is 2.14. The molecule has 0 aliphatic carbocycles. The highest BCUT2D eigenvalue weighted by Crippen LogP contribution is 2.10. The molecular weight excluding hydrogens is 240 g/mol. The first-order chi connectivity index (χ1) is 8.11. The zero-order valence-electron chi connectivity index (χ0n) is 9.99. The number of hydrogen-bond acceptors (Lipinski definition) is 5. The van der Waals surface area contributed by atoms with Crippen LogP contribution in [0.25, 0.3) is 0 Å². The molecule has 0 radical (unpaired) electrons. The van der Waals surface area contributed by atoms with Crippen LogP contribution < -0.4 is 5.32 Å². The summed E-state index contributed by atoms with van der Waals surface area (Å²) >= 11 is 1.62. The normalized spacial score (nSPS) is 10.0. The summed E-state index contributed by atoms with van der Waals surface area (Å²) in [7, 11) is 1.31. The van der Waals surface area contributed by atoms with Gasteiger partial charge in [-0.05, 0) is 6.92 Å². The van der Waals surface area contributed by atoms with E-state index in [9.17, 15) is 9.59 Å². The van der Waals surface area contributed by atoms with Gasteiger partial charge in [-0.2, -0.15) is 0 Å². The lowest BCUT2D eigenvalue weighted by Gasteiger charge is -2.03. The number of thiazole rings is 1. The van der Waals surface area contributed by atoms with E-state index in [-0.39, 0.29) is 24.7 Å². The molecule has 0 fully saturated rings. The molecule has 1 N–H and O–H groups in total. The number of methoxy groups -OCH3 is 1. The van der Waals surface area contributed by atoms with Gasteiger partial charge in [0.1, 0.15) is 0 Å². The van der Waals surface area contributed by atoms with E-state index in [0.717, 1.165) is 16.3 Å². The number of carbonyl (C=O) groups excluding carboxylic acids is 2. The zero-order chi connectivity index (χ0) is 12.7. The molecule has 0 spiro atoms. The third kappa shape index (κ3) is 5.44. The van der Waals surface area contributed by atoms with Crippen LogP contribution in [0.15, 0.2) is 6.20 Å². The van der Waals surface area contributed by atoms with E-state index >= 15 is 0 Å². The van der Waals surface area contributed by atoms with Crippen molar-refractivity contribution >= 4 is 23.2 Å². The van der Waals surface area contributed by atoms with Crippen molar-refractivity contribution in [2.45, 2.75) is 26.2 Å². The fourth-order valence-corrected chi connectivity index (χ4v) is 2.02.